The Bertz CT molecular complexity index is 699. The minimum atomic E-state index is 0. The van der Waals surface area contributed by atoms with Gasteiger partial charge < -0.3 is 0 Å². The van der Waals surface area contributed by atoms with Gasteiger partial charge in [-0.2, -0.15) is 0 Å². The minimum Gasteiger partial charge on any atom is -0.147 e. The molecule has 0 nitrogen and oxygen atoms in total. The predicted molar refractivity (Wildman–Crippen MR) is 169 cm³/mol. The fraction of sp³-hybridized carbons (Fsp3) is 0.400. The van der Waals surface area contributed by atoms with Crippen LogP contribution < -0.4 is 15.9 Å². The highest BCUT2D eigenvalue weighted by molar-refractivity contribution is 7.65. The lowest BCUT2D eigenvalue weighted by molar-refractivity contribution is 1.10. The van der Waals surface area contributed by atoms with E-state index >= 15 is 0 Å². The highest BCUT2D eigenvalue weighted by Crippen LogP contribution is 2.30. The van der Waals surface area contributed by atoms with Crippen LogP contribution in [0.1, 0.15) is 40.0 Å². The van der Waals surface area contributed by atoms with Crippen molar-refractivity contribution in [3.05, 3.63) is 91.0 Å². The zero-order valence-electron chi connectivity index (χ0n) is 22.2. The number of rotatable bonds is 9. The highest BCUT2D eigenvalue weighted by atomic mass is 35.5. The fourth-order valence-electron chi connectivity index (χ4n) is 3.44. The third-order valence-electron chi connectivity index (χ3n) is 5.27. The number of halogens is 1. The molecular weight excluding hydrogens is 489 g/mol. The monoisotopic (exact) mass is 534 g/mol. The summed E-state index contributed by atoms with van der Waals surface area (Å²) in [7, 11) is 0.373. The van der Waals surface area contributed by atoms with Crippen LogP contribution in [0.15, 0.2) is 91.0 Å². The Morgan fingerprint density at radius 3 is 0.794 bits per heavy atom. The lowest BCUT2D eigenvalue weighted by Crippen LogP contribution is -2.00. The van der Waals surface area contributed by atoms with Crippen LogP contribution in [0.5, 0.6) is 0 Å². The maximum atomic E-state index is 2.36. The average Bonchev–Trinajstić information content (AvgIpc) is 2.87. The molecule has 0 spiro atoms. The molecule has 0 radical (unpaired) electrons. The Morgan fingerprint density at radius 1 is 0.412 bits per heavy atom. The van der Waals surface area contributed by atoms with Gasteiger partial charge in [0.1, 0.15) is 0 Å². The summed E-state index contributed by atoms with van der Waals surface area (Å²) in [6.07, 6.45) is 7.99. The Hall–Kier alpha value is -0.760. The molecule has 4 heteroatoms. The molecule has 0 saturated heterocycles. The van der Waals surface area contributed by atoms with Gasteiger partial charge in [0.25, 0.3) is 0 Å². The maximum absolute atomic E-state index is 2.36. The van der Waals surface area contributed by atoms with Gasteiger partial charge in [0.2, 0.25) is 0 Å². The summed E-state index contributed by atoms with van der Waals surface area (Å²) in [5.74, 6) is 0. The maximum Gasteiger partial charge on any atom is -0.0243 e. The zero-order chi connectivity index (χ0) is 24.3. The van der Waals surface area contributed by atoms with E-state index in [2.05, 4.69) is 132 Å². The molecule has 0 heterocycles. The molecule has 3 aromatic rings. The summed E-state index contributed by atoms with van der Waals surface area (Å²) >= 11 is 0. The summed E-state index contributed by atoms with van der Waals surface area (Å²) in [5, 5.41) is 4.60. The third-order valence-corrected chi connectivity index (χ3v) is 12.2. The van der Waals surface area contributed by atoms with Crippen molar-refractivity contribution in [3.8, 4) is 0 Å². The van der Waals surface area contributed by atoms with Crippen molar-refractivity contribution in [2.45, 2.75) is 40.0 Å². The summed E-state index contributed by atoms with van der Waals surface area (Å²) in [5.41, 5.74) is 0. The van der Waals surface area contributed by atoms with Gasteiger partial charge in [-0.05, 0) is 54.4 Å². The first-order valence-electron chi connectivity index (χ1n) is 12.3. The van der Waals surface area contributed by atoms with Crippen LogP contribution >= 0.6 is 36.2 Å². The summed E-state index contributed by atoms with van der Waals surface area (Å²) in [6, 6.07) is 32.4. The van der Waals surface area contributed by atoms with Crippen molar-refractivity contribution < 1.29 is 0 Å². The average molecular weight is 535 g/mol. The SMILES string of the molecule is CCCP(C)c1ccccc1.CCCP(C)c1ccccc1.CCCP(C)c1ccccc1.Cl. The van der Waals surface area contributed by atoms with Gasteiger partial charge in [-0.1, -0.05) is 155 Å². The smallest absolute Gasteiger partial charge is 0.0243 e. The van der Waals surface area contributed by atoms with Crippen molar-refractivity contribution in [2.75, 3.05) is 38.5 Å². The molecule has 0 bridgehead atoms. The third kappa shape index (κ3) is 14.6. The molecule has 0 fully saturated rings. The van der Waals surface area contributed by atoms with Crippen LogP contribution in [0.4, 0.5) is 0 Å². The molecule has 0 amide bonds. The Morgan fingerprint density at radius 2 is 0.618 bits per heavy atom. The van der Waals surface area contributed by atoms with E-state index in [-0.39, 0.29) is 36.2 Å². The fourth-order valence-corrected chi connectivity index (χ4v) is 8.27. The number of benzene rings is 3. The molecule has 3 unspecified atom stereocenters. The molecule has 0 N–H and O–H groups in total. The molecule has 188 valence electrons. The van der Waals surface area contributed by atoms with E-state index in [1.165, 1.54) is 53.7 Å². The molecule has 0 aliphatic heterocycles. The summed E-state index contributed by atoms with van der Waals surface area (Å²) in [4.78, 5) is 0. The van der Waals surface area contributed by atoms with Crippen molar-refractivity contribution in [3.63, 3.8) is 0 Å². The normalized spacial score (nSPS) is 12.5. The molecule has 3 rings (SSSR count). The second-order valence-electron chi connectivity index (χ2n) is 8.27. The topological polar surface area (TPSA) is 0 Å². The molecule has 3 atom stereocenters. The highest BCUT2D eigenvalue weighted by Gasteiger charge is 2.02. The van der Waals surface area contributed by atoms with Crippen molar-refractivity contribution >= 4 is 52.1 Å². The molecule has 34 heavy (non-hydrogen) atoms. The summed E-state index contributed by atoms with van der Waals surface area (Å²) in [6.45, 7) is 13.8. The van der Waals surface area contributed by atoms with E-state index in [0.717, 1.165) is 0 Å². The van der Waals surface area contributed by atoms with Crippen LogP contribution in [0, 0.1) is 0 Å². The van der Waals surface area contributed by atoms with Gasteiger partial charge in [-0.3, -0.25) is 0 Å². The molecule has 0 aliphatic carbocycles. The molecule has 0 saturated carbocycles. The van der Waals surface area contributed by atoms with Crippen LogP contribution in [0.3, 0.4) is 0 Å². The largest absolute Gasteiger partial charge is 0.147 e. The van der Waals surface area contributed by atoms with Gasteiger partial charge in [0.05, 0.1) is 0 Å². The molecule has 3 aromatic carbocycles. The van der Waals surface area contributed by atoms with E-state index in [0.29, 0.717) is 0 Å². The quantitative estimate of drug-likeness (QED) is 0.240. The van der Waals surface area contributed by atoms with Gasteiger partial charge >= 0.3 is 0 Å². The Labute approximate surface area is 221 Å². The van der Waals surface area contributed by atoms with Crippen LogP contribution in [0.2, 0.25) is 0 Å². The van der Waals surface area contributed by atoms with Gasteiger partial charge in [-0.15, -0.1) is 12.4 Å². The van der Waals surface area contributed by atoms with E-state index in [1.54, 1.807) is 0 Å². The van der Waals surface area contributed by atoms with Crippen LogP contribution in [-0.2, 0) is 0 Å². The first-order valence-corrected chi connectivity index (χ1v) is 18.2. The number of hydrogen-bond donors (Lipinski definition) is 0. The lowest BCUT2D eigenvalue weighted by Gasteiger charge is -2.09. The second-order valence-corrected chi connectivity index (χ2v) is 15.3. The molecular formula is C30H46ClP3. The van der Waals surface area contributed by atoms with E-state index in [4.69, 9.17) is 0 Å². The van der Waals surface area contributed by atoms with Gasteiger partial charge in [-0.25, -0.2) is 0 Å². The minimum absolute atomic E-state index is 0. The summed E-state index contributed by atoms with van der Waals surface area (Å²) < 4.78 is 0. The van der Waals surface area contributed by atoms with Gasteiger partial charge in [0.15, 0.2) is 0 Å². The van der Waals surface area contributed by atoms with Crippen LogP contribution in [0.25, 0.3) is 0 Å². The van der Waals surface area contributed by atoms with E-state index < -0.39 is 0 Å². The first-order chi connectivity index (χ1) is 16.0. The second kappa shape index (κ2) is 21.5. The number of hydrogen-bond acceptors (Lipinski definition) is 0. The van der Waals surface area contributed by atoms with Crippen molar-refractivity contribution in [2.24, 2.45) is 0 Å². The van der Waals surface area contributed by atoms with Crippen LogP contribution in [-0.4, -0.2) is 38.5 Å². The standard InChI is InChI=1S/3C10H15P.ClH/c3*1-3-9-11(2)10-7-5-4-6-8-10;/h3*4-8H,3,9H2,1-2H3;1H. The van der Waals surface area contributed by atoms with Crippen molar-refractivity contribution in [1.82, 2.24) is 0 Å². The first kappa shape index (κ1) is 33.2. The van der Waals surface area contributed by atoms with Gasteiger partial charge in [0, 0.05) is 0 Å². The Balaban J connectivity index is 0.000000473. The predicted octanol–water partition coefficient (Wildman–Crippen LogP) is 8.92. The van der Waals surface area contributed by atoms with E-state index in [9.17, 15) is 0 Å². The van der Waals surface area contributed by atoms with Crippen molar-refractivity contribution in [1.29, 1.82) is 0 Å². The molecule has 0 aromatic heterocycles. The molecule has 0 aliphatic rings. The lowest BCUT2D eigenvalue weighted by atomic mass is 10.4. The van der Waals surface area contributed by atoms with E-state index in [1.807, 2.05) is 0 Å². The zero-order valence-corrected chi connectivity index (χ0v) is 25.7. The Kier molecular flexibility index (Phi) is 21.0.